The van der Waals surface area contributed by atoms with Crippen LogP contribution in [0, 0.1) is 17.8 Å². The summed E-state index contributed by atoms with van der Waals surface area (Å²) >= 11 is 0. The Morgan fingerprint density at radius 1 is 1.30 bits per heavy atom. The van der Waals surface area contributed by atoms with Gasteiger partial charge >= 0.3 is 0 Å². The second-order valence-corrected chi connectivity index (χ2v) is 5.80. The van der Waals surface area contributed by atoms with Crippen LogP contribution >= 0.6 is 0 Å². The monoisotopic (exact) mass is 269 g/mol. The molecule has 0 amide bonds. The zero-order valence-electron chi connectivity index (χ0n) is 12.9. The van der Waals surface area contributed by atoms with E-state index in [2.05, 4.69) is 48.3 Å². The molecule has 2 rings (SSSR count). The van der Waals surface area contributed by atoms with E-state index in [-0.39, 0.29) is 0 Å². The summed E-state index contributed by atoms with van der Waals surface area (Å²) in [7, 11) is 0. The molecule has 2 unspecified atom stereocenters. The highest BCUT2D eigenvalue weighted by molar-refractivity contribution is 5.30. The van der Waals surface area contributed by atoms with Crippen molar-refractivity contribution in [2.24, 2.45) is 5.92 Å². The molecule has 0 fully saturated rings. The molecule has 1 aromatic rings. The number of hydrogen-bond donors (Lipinski definition) is 1. The van der Waals surface area contributed by atoms with Gasteiger partial charge < -0.3 is 5.32 Å². The first-order valence-electron chi connectivity index (χ1n) is 8.05. The van der Waals surface area contributed by atoms with Crippen molar-refractivity contribution >= 4 is 0 Å². The van der Waals surface area contributed by atoms with Crippen molar-refractivity contribution in [2.45, 2.75) is 58.4 Å². The third-order valence-electron chi connectivity index (χ3n) is 4.37. The van der Waals surface area contributed by atoms with Crippen LogP contribution in [0.2, 0.25) is 0 Å². The smallest absolute Gasteiger partial charge is 0.0108 e. The molecule has 0 radical (unpaired) electrons. The third kappa shape index (κ3) is 4.12. The molecule has 1 nitrogen and oxygen atoms in total. The van der Waals surface area contributed by atoms with E-state index in [0.717, 1.165) is 18.9 Å². The second kappa shape index (κ2) is 8.12. The fourth-order valence-electron chi connectivity index (χ4n) is 3.26. The highest BCUT2D eigenvalue weighted by Crippen LogP contribution is 2.29. The molecule has 0 spiro atoms. The fraction of sp³-hybridized carbons (Fsp3) is 0.579. The predicted molar refractivity (Wildman–Crippen MR) is 86.7 cm³/mol. The number of nitrogens with one attached hydrogen (secondary N) is 1. The number of fused-ring (bicyclic) bond motifs is 1. The standard InChI is InChI=1S/C19H27N/c1-3-5-6-11-19(20-14-4-2)18-13-12-16-9-7-8-10-17(16)15-18/h7-10,18-20H,4,6,11-15H2,1-2H3. The zero-order valence-corrected chi connectivity index (χ0v) is 12.9. The minimum atomic E-state index is 0.629. The van der Waals surface area contributed by atoms with E-state index >= 15 is 0 Å². The average molecular weight is 269 g/mol. The maximum atomic E-state index is 3.76. The van der Waals surface area contributed by atoms with Gasteiger partial charge in [0.1, 0.15) is 0 Å². The first-order valence-corrected chi connectivity index (χ1v) is 8.05. The van der Waals surface area contributed by atoms with Gasteiger partial charge in [-0.25, -0.2) is 0 Å². The number of hydrogen-bond acceptors (Lipinski definition) is 1. The lowest BCUT2D eigenvalue weighted by atomic mass is 9.79. The molecule has 0 saturated carbocycles. The van der Waals surface area contributed by atoms with E-state index in [9.17, 15) is 0 Å². The molecule has 108 valence electrons. The van der Waals surface area contributed by atoms with Gasteiger partial charge in [-0.15, -0.1) is 11.8 Å². The third-order valence-corrected chi connectivity index (χ3v) is 4.37. The van der Waals surface area contributed by atoms with Crippen LogP contribution in [-0.4, -0.2) is 12.6 Å². The summed E-state index contributed by atoms with van der Waals surface area (Å²) in [5, 5.41) is 3.76. The average Bonchev–Trinajstić information content (AvgIpc) is 2.50. The Bertz CT molecular complexity index is 466. The van der Waals surface area contributed by atoms with Crippen LogP contribution in [-0.2, 0) is 12.8 Å². The lowest BCUT2D eigenvalue weighted by molar-refractivity contribution is 0.307. The lowest BCUT2D eigenvalue weighted by Gasteiger charge is -2.32. The van der Waals surface area contributed by atoms with Gasteiger partial charge in [-0.1, -0.05) is 31.2 Å². The summed E-state index contributed by atoms with van der Waals surface area (Å²) in [6.07, 6.45) is 7.21. The Hall–Kier alpha value is -1.26. The fourth-order valence-corrected chi connectivity index (χ4v) is 3.26. The van der Waals surface area contributed by atoms with Gasteiger partial charge in [0.2, 0.25) is 0 Å². The van der Waals surface area contributed by atoms with Gasteiger partial charge in [-0.3, -0.25) is 0 Å². The molecule has 0 bridgehead atoms. The summed E-state index contributed by atoms with van der Waals surface area (Å²) in [5.41, 5.74) is 3.12. The van der Waals surface area contributed by atoms with E-state index in [0.29, 0.717) is 6.04 Å². The van der Waals surface area contributed by atoms with Crippen molar-refractivity contribution in [3.63, 3.8) is 0 Å². The van der Waals surface area contributed by atoms with E-state index < -0.39 is 0 Å². The first-order chi connectivity index (χ1) is 9.85. The molecular formula is C19H27N. The summed E-state index contributed by atoms with van der Waals surface area (Å²) in [5.74, 6) is 7.02. The summed E-state index contributed by atoms with van der Waals surface area (Å²) in [6, 6.07) is 9.58. The molecule has 1 aliphatic carbocycles. The molecule has 0 heterocycles. The maximum Gasteiger partial charge on any atom is 0.0108 e. The predicted octanol–water partition coefficient (Wildman–Crippen LogP) is 3.96. The van der Waals surface area contributed by atoms with Crippen molar-refractivity contribution in [1.29, 1.82) is 0 Å². The molecule has 0 aliphatic heterocycles. The van der Waals surface area contributed by atoms with Gasteiger partial charge in [0.25, 0.3) is 0 Å². The van der Waals surface area contributed by atoms with Crippen LogP contribution < -0.4 is 5.32 Å². The van der Waals surface area contributed by atoms with Crippen molar-refractivity contribution in [3.8, 4) is 11.8 Å². The van der Waals surface area contributed by atoms with Crippen molar-refractivity contribution in [3.05, 3.63) is 35.4 Å². The maximum absolute atomic E-state index is 3.76. The molecule has 20 heavy (non-hydrogen) atoms. The SMILES string of the molecule is CC#CCCC(NCCC)C1CCc2ccccc2C1. The molecule has 0 saturated heterocycles. The van der Waals surface area contributed by atoms with Crippen molar-refractivity contribution < 1.29 is 0 Å². The first kappa shape index (κ1) is 15.1. The lowest BCUT2D eigenvalue weighted by Crippen LogP contribution is -2.39. The second-order valence-electron chi connectivity index (χ2n) is 5.80. The number of benzene rings is 1. The summed E-state index contributed by atoms with van der Waals surface area (Å²) in [4.78, 5) is 0. The van der Waals surface area contributed by atoms with Crippen LogP contribution in [0.4, 0.5) is 0 Å². The minimum Gasteiger partial charge on any atom is -0.314 e. The van der Waals surface area contributed by atoms with Crippen LogP contribution in [0.15, 0.2) is 24.3 Å². The highest BCUT2D eigenvalue weighted by Gasteiger charge is 2.25. The van der Waals surface area contributed by atoms with Crippen LogP contribution in [0.3, 0.4) is 0 Å². The van der Waals surface area contributed by atoms with Crippen molar-refractivity contribution in [1.82, 2.24) is 5.32 Å². The van der Waals surface area contributed by atoms with Crippen LogP contribution in [0.1, 0.15) is 50.7 Å². The van der Waals surface area contributed by atoms with Gasteiger partial charge in [0.05, 0.1) is 0 Å². The molecule has 1 N–H and O–H groups in total. The van der Waals surface area contributed by atoms with E-state index in [4.69, 9.17) is 0 Å². The Balaban J connectivity index is 1.99. The van der Waals surface area contributed by atoms with Gasteiger partial charge in [-0.05, 0) is 62.6 Å². The van der Waals surface area contributed by atoms with E-state index in [1.165, 1.54) is 32.1 Å². The molecular weight excluding hydrogens is 242 g/mol. The van der Waals surface area contributed by atoms with E-state index in [1.54, 1.807) is 11.1 Å². The molecule has 2 atom stereocenters. The Labute approximate surface area is 124 Å². The quantitative estimate of drug-likeness (QED) is 0.771. The van der Waals surface area contributed by atoms with Crippen LogP contribution in [0.25, 0.3) is 0 Å². The van der Waals surface area contributed by atoms with Gasteiger partial charge in [-0.2, -0.15) is 0 Å². The molecule has 0 aromatic heterocycles. The highest BCUT2D eigenvalue weighted by atomic mass is 14.9. The molecule has 1 aromatic carbocycles. The van der Waals surface area contributed by atoms with E-state index in [1.807, 2.05) is 6.92 Å². The van der Waals surface area contributed by atoms with Gasteiger partial charge in [0.15, 0.2) is 0 Å². The Morgan fingerprint density at radius 3 is 2.85 bits per heavy atom. The zero-order chi connectivity index (χ0) is 14.2. The van der Waals surface area contributed by atoms with Crippen LogP contribution in [0.5, 0.6) is 0 Å². The normalized spacial score (nSPS) is 18.8. The Morgan fingerprint density at radius 2 is 2.10 bits per heavy atom. The van der Waals surface area contributed by atoms with Crippen molar-refractivity contribution in [2.75, 3.05) is 6.54 Å². The Kier molecular flexibility index (Phi) is 6.15. The largest absolute Gasteiger partial charge is 0.314 e. The topological polar surface area (TPSA) is 12.0 Å². The summed E-state index contributed by atoms with van der Waals surface area (Å²) in [6.45, 7) is 5.31. The number of aryl methyl sites for hydroxylation is 1. The summed E-state index contributed by atoms with van der Waals surface area (Å²) < 4.78 is 0. The van der Waals surface area contributed by atoms with Gasteiger partial charge in [0, 0.05) is 12.5 Å². The molecule has 1 heteroatoms. The molecule has 1 aliphatic rings. The minimum absolute atomic E-state index is 0.629. The number of rotatable bonds is 6.